The second-order valence-corrected chi connectivity index (χ2v) is 6.06. The smallest absolute Gasteiger partial charge is 0.246 e. The molecule has 1 aliphatic rings. The van der Waals surface area contributed by atoms with E-state index in [1.54, 1.807) is 6.07 Å². The molecule has 0 aliphatic carbocycles. The van der Waals surface area contributed by atoms with Crippen LogP contribution in [0.3, 0.4) is 0 Å². The molecular weight excluding hydrogens is 337 g/mol. The highest BCUT2D eigenvalue weighted by Gasteiger charge is 2.34. The van der Waals surface area contributed by atoms with Crippen molar-refractivity contribution in [1.82, 2.24) is 10.2 Å². The van der Waals surface area contributed by atoms with Crippen LogP contribution in [0.2, 0.25) is 0 Å². The summed E-state index contributed by atoms with van der Waals surface area (Å²) < 4.78 is 13.2. The van der Waals surface area contributed by atoms with E-state index < -0.39 is 17.8 Å². The number of hydrogen-bond acceptors (Lipinski definition) is 3. The van der Waals surface area contributed by atoms with Crippen LogP contribution in [-0.2, 0) is 20.9 Å². The third-order valence-electron chi connectivity index (χ3n) is 3.99. The molecule has 26 heavy (non-hydrogen) atoms. The summed E-state index contributed by atoms with van der Waals surface area (Å²) in [5, 5.41) is 5.07. The molecule has 0 saturated carbocycles. The molecule has 1 aliphatic heterocycles. The Kier molecular flexibility index (Phi) is 5.26. The standard InChI is InChI=1S/C19H18FN3O3/c20-14-7-4-8-15(9-14)21-17(24)10-16-19(26)23(12-18(25)22-16)11-13-5-2-1-3-6-13/h1-9,16H,10-12H2,(H,21,24)(H,22,25)/t16-/m1/s1. The number of piperazine rings is 1. The molecule has 134 valence electrons. The van der Waals surface area contributed by atoms with Crippen molar-refractivity contribution in [3.05, 3.63) is 66.0 Å². The highest BCUT2D eigenvalue weighted by molar-refractivity contribution is 6.00. The van der Waals surface area contributed by atoms with Gasteiger partial charge in [0, 0.05) is 12.2 Å². The first-order chi connectivity index (χ1) is 12.5. The van der Waals surface area contributed by atoms with Gasteiger partial charge >= 0.3 is 0 Å². The molecule has 1 saturated heterocycles. The van der Waals surface area contributed by atoms with E-state index in [2.05, 4.69) is 10.6 Å². The lowest BCUT2D eigenvalue weighted by Crippen LogP contribution is -2.58. The van der Waals surface area contributed by atoms with Crippen molar-refractivity contribution in [1.29, 1.82) is 0 Å². The summed E-state index contributed by atoms with van der Waals surface area (Å²) in [7, 11) is 0. The van der Waals surface area contributed by atoms with E-state index >= 15 is 0 Å². The fraction of sp³-hybridized carbons (Fsp3) is 0.211. The Morgan fingerprint density at radius 3 is 2.65 bits per heavy atom. The fourth-order valence-electron chi connectivity index (χ4n) is 2.81. The zero-order valence-electron chi connectivity index (χ0n) is 13.9. The molecule has 0 bridgehead atoms. The van der Waals surface area contributed by atoms with Gasteiger partial charge in [0.25, 0.3) is 0 Å². The maximum Gasteiger partial charge on any atom is 0.246 e. The molecule has 7 heteroatoms. The number of nitrogens with zero attached hydrogens (tertiary/aromatic N) is 1. The van der Waals surface area contributed by atoms with E-state index in [-0.39, 0.29) is 24.8 Å². The van der Waals surface area contributed by atoms with Crippen LogP contribution in [0, 0.1) is 5.82 Å². The summed E-state index contributed by atoms with van der Waals surface area (Å²) in [5.74, 6) is -1.58. The average molecular weight is 355 g/mol. The second-order valence-electron chi connectivity index (χ2n) is 6.06. The van der Waals surface area contributed by atoms with Gasteiger partial charge in [-0.25, -0.2) is 4.39 Å². The first-order valence-corrected chi connectivity index (χ1v) is 8.19. The molecule has 1 atom stereocenters. The lowest BCUT2D eigenvalue weighted by molar-refractivity contribution is -0.145. The topological polar surface area (TPSA) is 78.5 Å². The molecule has 0 unspecified atom stereocenters. The van der Waals surface area contributed by atoms with Crippen LogP contribution in [0.1, 0.15) is 12.0 Å². The lowest BCUT2D eigenvalue weighted by Gasteiger charge is -2.32. The summed E-state index contributed by atoms with van der Waals surface area (Å²) in [4.78, 5) is 38.1. The molecular formula is C19H18FN3O3. The monoisotopic (exact) mass is 355 g/mol. The molecule has 1 fully saturated rings. The summed E-state index contributed by atoms with van der Waals surface area (Å²) in [5.41, 5.74) is 1.20. The largest absolute Gasteiger partial charge is 0.342 e. The lowest BCUT2D eigenvalue weighted by atomic mass is 10.1. The summed E-state index contributed by atoms with van der Waals surface area (Å²) in [6.45, 7) is 0.255. The van der Waals surface area contributed by atoms with Gasteiger partial charge in [0.05, 0.1) is 13.0 Å². The Hall–Kier alpha value is -3.22. The molecule has 0 radical (unpaired) electrons. The molecule has 2 aromatic rings. The zero-order chi connectivity index (χ0) is 18.5. The zero-order valence-corrected chi connectivity index (χ0v) is 13.9. The van der Waals surface area contributed by atoms with E-state index in [0.29, 0.717) is 12.2 Å². The van der Waals surface area contributed by atoms with Gasteiger partial charge < -0.3 is 15.5 Å². The van der Waals surface area contributed by atoms with Crippen molar-refractivity contribution >= 4 is 23.4 Å². The van der Waals surface area contributed by atoms with Crippen molar-refractivity contribution in [2.45, 2.75) is 19.0 Å². The summed E-state index contributed by atoms with van der Waals surface area (Å²) in [6, 6.07) is 13.8. The van der Waals surface area contributed by atoms with E-state index in [0.717, 1.165) is 5.56 Å². The number of carbonyl (C=O) groups is 3. The number of halogens is 1. The van der Waals surface area contributed by atoms with Crippen LogP contribution in [0.25, 0.3) is 0 Å². The van der Waals surface area contributed by atoms with Gasteiger partial charge in [-0.1, -0.05) is 36.4 Å². The highest BCUT2D eigenvalue weighted by atomic mass is 19.1. The SMILES string of the molecule is O=C(C[C@H]1NC(=O)CN(Cc2ccccc2)C1=O)Nc1cccc(F)c1. The Morgan fingerprint density at radius 2 is 1.92 bits per heavy atom. The van der Waals surface area contributed by atoms with Crippen LogP contribution in [0.5, 0.6) is 0 Å². The van der Waals surface area contributed by atoms with Gasteiger partial charge in [-0.2, -0.15) is 0 Å². The van der Waals surface area contributed by atoms with Crippen molar-refractivity contribution in [3.63, 3.8) is 0 Å². The Labute approximate surface area is 150 Å². The van der Waals surface area contributed by atoms with Crippen LogP contribution < -0.4 is 10.6 Å². The maximum absolute atomic E-state index is 13.2. The predicted octanol–water partition coefficient (Wildman–Crippen LogP) is 1.68. The number of benzene rings is 2. The van der Waals surface area contributed by atoms with Crippen LogP contribution in [0.4, 0.5) is 10.1 Å². The predicted molar refractivity (Wildman–Crippen MR) is 93.4 cm³/mol. The molecule has 0 aromatic heterocycles. The minimum absolute atomic E-state index is 0.0459. The minimum atomic E-state index is -0.937. The van der Waals surface area contributed by atoms with Crippen molar-refractivity contribution in [2.24, 2.45) is 0 Å². The fourth-order valence-corrected chi connectivity index (χ4v) is 2.81. The number of hydrogen-bond donors (Lipinski definition) is 2. The third kappa shape index (κ3) is 4.44. The molecule has 2 aromatic carbocycles. The summed E-state index contributed by atoms with van der Waals surface area (Å²) in [6.07, 6.45) is -0.216. The highest BCUT2D eigenvalue weighted by Crippen LogP contribution is 2.13. The number of anilines is 1. The Bertz CT molecular complexity index is 826. The molecule has 2 N–H and O–H groups in total. The Morgan fingerprint density at radius 1 is 1.15 bits per heavy atom. The molecule has 3 rings (SSSR count). The molecule has 1 heterocycles. The number of carbonyl (C=O) groups excluding carboxylic acids is 3. The molecule has 0 spiro atoms. The Balaban J connectivity index is 1.64. The molecule has 3 amide bonds. The van der Waals surface area contributed by atoms with Crippen LogP contribution in [0.15, 0.2) is 54.6 Å². The van der Waals surface area contributed by atoms with Gasteiger partial charge in [-0.15, -0.1) is 0 Å². The van der Waals surface area contributed by atoms with Gasteiger partial charge in [-0.05, 0) is 23.8 Å². The van der Waals surface area contributed by atoms with Gasteiger partial charge in [0.1, 0.15) is 11.9 Å². The van der Waals surface area contributed by atoms with Gasteiger partial charge in [0.2, 0.25) is 17.7 Å². The van der Waals surface area contributed by atoms with Crippen LogP contribution in [-0.4, -0.2) is 35.2 Å². The molecule has 6 nitrogen and oxygen atoms in total. The van der Waals surface area contributed by atoms with E-state index in [1.807, 2.05) is 30.3 Å². The van der Waals surface area contributed by atoms with Gasteiger partial charge in [-0.3, -0.25) is 14.4 Å². The first-order valence-electron chi connectivity index (χ1n) is 8.19. The van der Waals surface area contributed by atoms with Gasteiger partial charge in [0.15, 0.2) is 0 Å². The first kappa shape index (κ1) is 17.6. The van der Waals surface area contributed by atoms with E-state index in [9.17, 15) is 18.8 Å². The maximum atomic E-state index is 13.2. The number of nitrogens with one attached hydrogen (secondary N) is 2. The van der Waals surface area contributed by atoms with E-state index in [1.165, 1.54) is 23.1 Å². The normalized spacial score (nSPS) is 17.0. The van der Waals surface area contributed by atoms with E-state index in [4.69, 9.17) is 0 Å². The third-order valence-corrected chi connectivity index (χ3v) is 3.99. The quantitative estimate of drug-likeness (QED) is 0.857. The average Bonchev–Trinajstić information content (AvgIpc) is 2.60. The van der Waals surface area contributed by atoms with Crippen molar-refractivity contribution in [3.8, 4) is 0 Å². The summed E-state index contributed by atoms with van der Waals surface area (Å²) >= 11 is 0. The van der Waals surface area contributed by atoms with Crippen molar-refractivity contribution in [2.75, 3.05) is 11.9 Å². The van der Waals surface area contributed by atoms with Crippen molar-refractivity contribution < 1.29 is 18.8 Å². The number of rotatable bonds is 5. The number of amides is 3. The second kappa shape index (κ2) is 7.77. The van der Waals surface area contributed by atoms with Crippen LogP contribution >= 0.6 is 0 Å². The minimum Gasteiger partial charge on any atom is -0.342 e.